The molecule has 0 spiro atoms. The molecule has 2 aromatic carbocycles. The van der Waals surface area contributed by atoms with Gasteiger partial charge in [0, 0.05) is 13.1 Å². The van der Waals surface area contributed by atoms with E-state index in [0.29, 0.717) is 5.06 Å². The Labute approximate surface area is 174 Å². The Balaban J connectivity index is 1.55. The number of hydrogen-bond acceptors (Lipinski definition) is 5. The van der Waals surface area contributed by atoms with Crippen LogP contribution in [0.4, 0.5) is 0 Å². The largest absolute Gasteiger partial charge is 0.364 e. The number of amides is 3. The fourth-order valence-electron chi connectivity index (χ4n) is 4.05. The van der Waals surface area contributed by atoms with Gasteiger partial charge < -0.3 is 9.74 Å². The molecule has 0 atom stereocenters. The number of hydroxylamine groups is 2. The van der Waals surface area contributed by atoms with Gasteiger partial charge in [-0.25, -0.2) is 4.79 Å². The number of nitrogens with zero attached hydrogens (tertiary/aromatic N) is 2. The zero-order valence-corrected chi connectivity index (χ0v) is 16.7. The highest BCUT2D eigenvalue weighted by atomic mass is 16.7. The van der Waals surface area contributed by atoms with E-state index >= 15 is 0 Å². The van der Waals surface area contributed by atoms with Gasteiger partial charge in [0.15, 0.2) is 0 Å². The summed E-state index contributed by atoms with van der Waals surface area (Å²) in [5, 5.41) is 0.457. The molecule has 7 nitrogen and oxygen atoms in total. The van der Waals surface area contributed by atoms with Gasteiger partial charge in [-0.05, 0) is 37.1 Å². The predicted octanol–water partition coefficient (Wildman–Crippen LogP) is 3.46. The van der Waals surface area contributed by atoms with Crippen LogP contribution in [-0.2, 0) is 4.84 Å². The van der Waals surface area contributed by atoms with E-state index < -0.39 is 17.8 Å². The first-order chi connectivity index (χ1) is 14.5. The zero-order valence-electron chi connectivity index (χ0n) is 16.7. The van der Waals surface area contributed by atoms with Gasteiger partial charge in [0.2, 0.25) is 0 Å². The van der Waals surface area contributed by atoms with Crippen molar-refractivity contribution in [1.82, 2.24) is 9.96 Å². The number of rotatable bonds is 4. The van der Waals surface area contributed by atoms with Gasteiger partial charge in [-0.15, -0.1) is 0 Å². The summed E-state index contributed by atoms with van der Waals surface area (Å²) < 4.78 is 0. The maximum absolute atomic E-state index is 13.1. The molecule has 3 amide bonds. The fraction of sp³-hybridized carbons (Fsp3) is 0.304. The molecule has 0 bridgehead atoms. The van der Waals surface area contributed by atoms with Crippen LogP contribution in [0, 0.1) is 0 Å². The van der Waals surface area contributed by atoms with Gasteiger partial charge in [0.05, 0.1) is 22.3 Å². The van der Waals surface area contributed by atoms with Crippen LogP contribution in [0.2, 0.25) is 0 Å². The van der Waals surface area contributed by atoms with Crippen molar-refractivity contribution in [1.29, 1.82) is 0 Å². The third-order valence-electron chi connectivity index (χ3n) is 5.75. The fourth-order valence-corrected chi connectivity index (χ4v) is 4.05. The molecule has 2 aromatic rings. The van der Waals surface area contributed by atoms with Gasteiger partial charge in [-0.1, -0.05) is 48.6 Å². The first kappa shape index (κ1) is 19.8. The minimum absolute atomic E-state index is 0.0155. The number of benzene rings is 2. The molecule has 1 aliphatic carbocycles. The molecule has 0 N–H and O–H groups in total. The molecule has 4 rings (SSSR count). The highest BCUT2D eigenvalue weighted by Crippen LogP contribution is 2.26. The van der Waals surface area contributed by atoms with Crippen molar-refractivity contribution in [2.24, 2.45) is 0 Å². The zero-order chi connectivity index (χ0) is 21.3. The normalized spacial score (nSPS) is 16.4. The molecule has 1 saturated carbocycles. The number of imide groups is 1. The van der Waals surface area contributed by atoms with Crippen molar-refractivity contribution in [2.75, 3.05) is 7.05 Å². The van der Waals surface area contributed by atoms with E-state index in [2.05, 4.69) is 0 Å². The Morgan fingerprint density at radius 2 is 1.40 bits per heavy atom. The quantitative estimate of drug-likeness (QED) is 0.726. The number of carbonyl (C=O) groups is 4. The van der Waals surface area contributed by atoms with E-state index in [0.717, 1.165) is 25.7 Å². The van der Waals surface area contributed by atoms with Gasteiger partial charge in [0.1, 0.15) is 0 Å². The second-order valence-corrected chi connectivity index (χ2v) is 7.58. The van der Waals surface area contributed by atoms with E-state index in [-0.39, 0.29) is 34.2 Å². The monoisotopic (exact) mass is 406 g/mol. The predicted molar refractivity (Wildman–Crippen MR) is 108 cm³/mol. The highest BCUT2D eigenvalue weighted by molar-refractivity contribution is 6.21. The Morgan fingerprint density at radius 1 is 0.867 bits per heavy atom. The third kappa shape index (κ3) is 3.47. The second kappa shape index (κ2) is 8.10. The summed E-state index contributed by atoms with van der Waals surface area (Å²) in [6.45, 7) is 0. The third-order valence-corrected chi connectivity index (χ3v) is 5.75. The van der Waals surface area contributed by atoms with Crippen LogP contribution in [0.15, 0.2) is 48.5 Å². The van der Waals surface area contributed by atoms with E-state index in [9.17, 15) is 19.2 Å². The van der Waals surface area contributed by atoms with Crippen LogP contribution in [0.1, 0.15) is 73.5 Å². The lowest BCUT2D eigenvalue weighted by Crippen LogP contribution is -2.39. The van der Waals surface area contributed by atoms with E-state index in [4.69, 9.17) is 4.84 Å². The van der Waals surface area contributed by atoms with E-state index in [1.54, 1.807) is 42.3 Å². The summed E-state index contributed by atoms with van der Waals surface area (Å²) in [4.78, 5) is 57.7. The smallest absolute Gasteiger partial charge is 0.339 e. The van der Waals surface area contributed by atoms with Crippen molar-refractivity contribution in [3.8, 4) is 0 Å². The molecular weight excluding hydrogens is 384 g/mol. The van der Waals surface area contributed by atoms with Crippen molar-refractivity contribution in [2.45, 2.75) is 38.1 Å². The SMILES string of the molecule is CN(C(=O)c1ccccc1C(=O)ON1C(=O)c2ccccc2C1=O)C1CCCCC1. The first-order valence-corrected chi connectivity index (χ1v) is 10.1. The van der Waals surface area contributed by atoms with Crippen LogP contribution >= 0.6 is 0 Å². The van der Waals surface area contributed by atoms with Crippen LogP contribution in [0.25, 0.3) is 0 Å². The maximum Gasteiger partial charge on any atom is 0.364 e. The van der Waals surface area contributed by atoms with Crippen LogP contribution in [0.5, 0.6) is 0 Å². The highest BCUT2D eigenvalue weighted by Gasteiger charge is 2.39. The second-order valence-electron chi connectivity index (χ2n) is 7.58. The molecular formula is C23H22N2O5. The molecule has 30 heavy (non-hydrogen) atoms. The average Bonchev–Trinajstić information content (AvgIpc) is 3.03. The van der Waals surface area contributed by atoms with Crippen LogP contribution < -0.4 is 0 Å². The number of fused-ring (bicyclic) bond motifs is 1. The van der Waals surface area contributed by atoms with E-state index in [1.807, 2.05) is 0 Å². The Kier molecular flexibility index (Phi) is 5.35. The Bertz CT molecular complexity index is 991. The molecule has 1 aliphatic heterocycles. The molecule has 0 unspecified atom stereocenters. The minimum atomic E-state index is -0.925. The molecule has 7 heteroatoms. The van der Waals surface area contributed by atoms with Gasteiger partial charge in [-0.2, -0.15) is 0 Å². The Hall–Kier alpha value is -3.48. The van der Waals surface area contributed by atoms with Gasteiger partial charge in [0.25, 0.3) is 17.7 Å². The summed E-state index contributed by atoms with van der Waals surface area (Å²) in [6, 6.07) is 12.7. The lowest BCUT2D eigenvalue weighted by Gasteiger charge is -2.31. The summed E-state index contributed by atoms with van der Waals surface area (Å²) >= 11 is 0. The van der Waals surface area contributed by atoms with Crippen LogP contribution in [0.3, 0.4) is 0 Å². The van der Waals surface area contributed by atoms with Crippen LogP contribution in [-0.4, -0.2) is 46.7 Å². The van der Waals surface area contributed by atoms with Crippen molar-refractivity contribution in [3.05, 3.63) is 70.8 Å². The average molecular weight is 406 g/mol. The number of carbonyl (C=O) groups excluding carboxylic acids is 4. The molecule has 2 aliphatic rings. The summed E-state index contributed by atoms with van der Waals surface area (Å²) in [5.74, 6) is -2.61. The molecule has 1 fully saturated rings. The van der Waals surface area contributed by atoms with Gasteiger partial charge in [-0.3, -0.25) is 14.4 Å². The lowest BCUT2D eigenvalue weighted by molar-refractivity contribution is -0.0585. The molecule has 0 radical (unpaired) electrons. The Morgan fingerprint density at radius 3 is 2.00 bits per heavy atom. The lowest BCUT2D eigenvalue weighted by atomic mass is 9.94. The topological polar surface area (TPSA) is 84.0 Å². The van der Waals surface area contributed by atoms with Gasteiger partial charge >= 0.3 is 5.97 Å². The summed E-state index contributed by atoms with van der Waals surface area (Å²) in [7, 11) is 1.74. The van der Waals surface area contributed by atoms with E-state index in [1.165, 1.54) is 24.6 Å². The summed E-state index contributed by atoms with van der Waals surface area (Å²) in [5.41, 5.74) is 0.558. The van der Waals surface area contributed by atoms with Crippen molar-refractivity contribution >= 4 is 23.7 Å². The molecule has 1 heterocycles. The maximum atomic E-state index is 13.1. The van der Waals surface area contributed by atoms with Crippen molar-refractivity contribution < 1.29 is 24.0 Å². The summed E-state index contributed by atoms with van der Waals surface area (Å²) in [6.07, 6.45) is 5.19. The number of hydrogen-bond donors (Lipinski definition) is 0. The molecule has 0 saturated heterocycles. The first-order valence-electron chi connectivity index (χ1n) is 10.1. The molecule has 0 aromatic heterocycles. The molecule has 154 valence electrons. The van der Waals surface area contributed by atoms with Crippen molar-refractivity contribution in [3.63, 3.8) is 0 Å². The standard InChI is InChI=1S/C23H22N2O5/c1-24(15-9-3-2-4-10-15)20(26)18-13-7-8-14-19(18)23(29)30-25-21(27)16-11-5-6-12-17(16)22(25)28/h5-8,11-15H,2-4,9-10H2,1H3. The minimum Gasteiger partial charge on any atom is -0.339 e.